The Labute approximate surface area is 157 Å². The molecular weight excluding hydrogens is 364 g/mol. The van der Waals surface area contributed by atoms with Crippen molar-refractivity contribution in [3.05, 3.63) is 57.3 Å². The Balaban J connectivity index is 1.78. The molecule has 3 rings (SSSR count). The van der Waals surface area contributed by atoms with Crippen LogP contribution in [0.15, 0.2) is 30.3 Å². The quantitative estimate of drug-likeness (QED) is 0.665. The van der Waals surface area contributed by atoms with Gasteiger partial charge in [0.25, 0.3) is 0 Å². The minimum Gasteiger partial charge on any atom is -0.490 e. The minimum atomic E-state index is -0.410. The Hall–Kier alpha value is -1.49. The van der Waals surface area contributed by atoms with Gasteiger partial charge in [-0.2, -0.15) is 0 Å². The summed E-state index contributed by atoms with van der Waals surface area (Å²) in [6.45, 7) is 3.07. The predicted octanol–water partition coefficient (Wildman–Crippen LogP) is 5.36. The van der Waals surface area contributed by atoms with Crippen molar-refractivity contribution in [1.82, 2.24) is 5.32 Å². The molecule has 2 aromatic carbocycles. The molecule has 134 valence electrons. The highest BCUT2D eigenvalue weighted by molar-refractivity contribution is 6.32. The Kier molecular flexibility index (Phi) is 6.05. The van der Waals surface area contributed by atoms with Crippen LogP contribution in [0.2, 0.25) is 10.0 Å². The lowest BCUT2D eigenvalue weighted by Crippen LogP contribution is -2.15. The van der Waals surface area contributed by atoms with Crippen molar-refractivity contribution in [3.8, 4) is 11.5 Å². The number of nitrogens with one attached hydrogen (secondary N) is 1. The molecule has 0 saturated heterocycles. The van der Waals surface area contributed by atoms with Gasteiger partial charge in [0.15, 0.2) is 11.5 Å². The van der Waals surface area contributed by atoms with Gasteiger partial charge in [-0.15, -0.1) is 0 Å². The van der Waals surface area contributed by atoms with Crippen LogP contribution in [0.1, 0.15) is 30.9 Å². The van der Waals surface area contributed by atoms with Crippen molar-refractivity contribution in [2.45, 2.75) is 39.0 Å². The number of benzene rings is 2. The lowest BCUT2D eigenvalue weighted by Gasteiger charge is -2.16. The first kappa shape index (κ1) is 18.3. The second-order valence-electron chi connectivity index (χ2n) is 5.98. The van der Waals surface area contributed by atoms with Gasteiger partial charge in [-0.3, -0.25) is 0 Å². The van der Waals surface area contributed by atoms with Gasteiger partial charge < -0.3 is 14.8 Å². The standard InChI is InChI=1S/C19H20Cl2FNO2/c1-2-24-18-9-12(10-23-13-6-7-13)8-16(21)19(18)25-11-14-15(20)4-3-5-17(14)22/h3-5,8-9,13,23H,2,6-7,10-11H2,1H3. The van der Waals surface area contributed by atoms with Crippen LogP contribution in [-0.4, -0.2) is 12.6 Å². The molecule has 0 spiro atoms. The molecule has 0 heterocycles. The molecule has 0 unspecified atom stereocenters. The molecule has 0 atom stereocenters. The van der Waals surface area contributed by atoms with Gasteiger partial charge in [0.2, 0.25) is 0 Å². The molecule has 0 radical (unpaired) electrons. The summed E-state index contributed by atoms with van der Waals surface area (Å²) in [6.07, 6.45) is 2.44. The molecule has 0 aliphatic heterocycles. The summed E-state index contributed by atoms with van der Waals surface area (Å²) in [5, 5.41) is 4.19. The molecule has 25 heavy (non-hydrogen) atoms. The second-order valence-corrected chi connectivity index (χ2v) is 6.80. The topological polar surface area (TPSA) is 30.5 Å². The van der Waals surface area contributed by atoms with Crippen LogP contribution in [0.4, 0.5) is 4.39 Å². The van der Waals surface area contributed by atoms with Crippen LogP contribution in [0.25, 0.3) is 0 Å². The van der Waals surface area contributed by atoms with E-state index in [1.165, 1.54) is 18.9 Å². The fourth-order valence-electron chi connectivity index (χ4n) is 2.49. The van der Waals surface area contributed by atoms with Crippen molar-refractivity contribution >= 4 is 23.2 Å². The summed E-state index contributed by atoms with van der Waals surface area (Å²) < 4.78 is 25.3. The summed E-state index contributed by atoms with van der Waals surface area (Å²) in [4.78, 5) is 0. The molecular formula is C19H20Cl2FNO2. The Morgan fingerprint density at radius 1 is 1.16 bits per heavy atom. The predicted molar refractivity (Wildman–Crippen MR) is 98.2 cm³/mol. The minimum absolute atomic E-state index is 0.0228. The van der Waals surface area contributed by atoms with Gasteiger partial charge in [-0.1, -0.05) is 29.3 Å². The maximum Gasteiger partial charge on any atom is 0.180 e. The first-order valence-electron chi connectivity index (χ1n) is 8.32. The van der Waals surface area contributed by atoms with E-state index in [1.807, 2.05) is 19.1 Å². The fraction of sp³-hybridized carbons (Fsp3) is 0.368. The van der Waals surface area contributed by atoms with Crippen molar-refractivity contribution in [2.75, 3.05) is 6.61 Å². The molecule has 1 aliphatic carbocycles. The fourth-order valence-corrected chi connectivity index (χ4v) is 3.00. The summed E-state index contributed by atoms with van der Waals surface area (Å²) in [7, 11) is 0. The van der Waals surface area contributed by atoms with E-state index in [9.17, 15) is 4.39 Å². The lowest BCUT2D eigenvalue weighted by atomic mass is 10.2. The highest BCUT2D eigenvalue weighted by atomic mass is 35.5. The van der Waals surface area contributed by atoms with Crippen LogP contribution < -0.4 is 14.8 Å². The molecule has 2 aromatic rings. The summed E-state index contributed by atoms with van der Waals surface area (Å²) in [5.41, 5.74) is 1.32. The average Bonchev–Trinajstić information content (AvgIpc) is 3.39. The Morgan fingerprint density at radius 3 is 2.64 bits per heavy atom. The number of halogens is 3. The van der Waals surface area contributed by atoms with Crippen LogP contribution in [0, 0.1) is 5.82 Å². The third-order valence-electron chi connectivity index (χ3n) is 3.96. The number of rotatable bonds is 8. The number of hydrogen-bond acceptors (Lipinski definition) is 3. The Bertz CT molecular complexity index is 730. The van der Waals surface area contributed by atoms with E-state index in [2.05, 4.69) is 5.32 Å². The summed E-state index contributed by atoms with van der Waals surface area (Å²) >= 11 is 12.4. The van der Waals surface area contributed by atoms with Gasteiger partial charge >= 0.3 is 0 Å². The highest BCUT2D eigenvalue weighted by Crippen LogP contribution is 2.38. The van der Waals surface area contributed by atoms with Crippen molar-refractivity contribution in [1.29, 1.82) is 0 Å². The van der Waals surface area contributed by atoms with Gasteiger partial charge in [0.1, 0.15) is 12.4 Å². The van der Waals surface area contributed by atoms with E-state index in [0.29, 0.717) is 39.8 Å². The second kappa shape index (κ2) is 8.26. The van der Waals surface area contributed by atoms with Crippen LogP contribution in [0.3, 0.4) is 0 Å². The van der Waals surface area contributed by atoms with E-state index in [4.69, 9.17) is 32.7 Å². The Morgan fingerprint density at radius 2 is 1.96 bits per heavy atom. The monoisotopic (exact) mass is 383 g/mol. The third-order valence-corrected chi connectivity index (χ3v) is 4.60. The van der Waals surface area contributed by atoms with E-state index >= 15 is 0 Å². The molecule has 1 fully saturated rings. The molecule has 3 nitrogen and oxygen atoms in total. The first-order valence-corrected chi connectivity index (χ1v) is 9.08. The van der Waals surface area contributed by atoms with Crippen molar-refractivity contribution in [3.63, 3.8) is 0 Å². The number of hydrogen-bond donors (Lipinski definition) is 1. The van der Waals surface area contributed by atoms with E-state index in [-0.39, 0.29) is 6.61 Å². The zero-order valence-corrected chi connectivity index (χ0v) is 15.5. The molecule has 1 N–H and O–H groups in total. The third kappa shape index (κ3) is 4.78. The maximum atomic E-state index is 13.9. The zero-order valence-electron chi connectivity index (χ0n) is 14.0. The highest BCUT2D eigenvalue weighted by Gasteiger charge is 2.21. The van der Waals surface area contributed by atoms with Gasteiger partial charge in [0, 0.05) is 18.2 Å². The molecule has 0 bridgehead atoms. The largest absolute Gasteiger partial charge is 0.490 e. The molecule has 0 aromatic heterocycles. The summed E-state index contributed by atoms with van der Waals surface area (Å²) in [6, 6.07) is 8.89. The smallest absolute Gasteiger partial charge is 0.180 e. The number of ether oxygens (including phenoxy) is 2. The molecule has 0 amide bonds. The molecule has 6 heteroatoms. The summed E-state index contributed by atoms with van der Waals surface area (Å²) in [5.74, 6) is 0.542. The lowest BCUT2D eigenvalue weighted by molar-refractivity contribution is 0.266. The van der Waals surface area contributed by atoms with Gasteiger partial charge in [0.05, 0.1) is 16.7 Å². The van der Waals surface area contributed by atoms with Crippen LogP contribution in [0.5, 0.6) is 11.5 Å². The van der Waals surface area contributed by atoms with E-state index in [1.54, 1.807) is 12.1 Å². The van der Waals surface area contributed by atoms with Crippen LogP contribution in [-0.2, 0) is 13.2 Å². The van der Waals surface area contributed by atoms with Gasteiger partial charge in [-0.25, -0.2) is 4.39 Å². The maximum absolute atomic E-state index is 13.9. The molecule has 1 aliphatic rings. The van der Waals surface area contributed by atoms with E-state index in [0.717, 1.165) is 12.1 Å². The molecule has 1 saturated carbocycles. The van der Waals surface area contributed by atoms with Crippen LogP contribution >= 0.6 is 23.2 Å². The van der Waals surface area contributed by atoms with E-state index < -0.39 is 5.82 Å². The van der Waals surface area contributed by atoms with Crippen molar-refractivity contribution < 1.29 is 13.9 Å². The first-order chi connectivity index (χ1) is 12.1. The average molecular weight is 384 g/mol. The van der Waals surface area contributed by atoms with Crippen molar-refractivity contribution in [2.24, 2.45) is 0 Å². The normalized spacial score (nSPS) is 13.8. The zero-order chi connectivity index (χ0) is 17.8. The SMILES string of the molecule is CCOc1cc(CNC2CC2)cc(Cl)c1OCc1c(F)cccc1Cl. The van der Waals surface area contributed by atoms with Gasteiger partial charge in [-0.05, 0) is 49.6 Å².